The van der Waals surface area contributed by atoms with Gasteiger partial charge in [0.25, 0.3) is 0 Å². The van der Waals surface area contributed by atoms with Gasteiger partial charge < -0.3 is 24.4 Å². The van der Waals surface area contributed by atoms with E-state index in [1.165, 1.54) is 5.56 Å². The first-order chi connectivity index (χ1) is 11.5. The van der Waals surface area contributed by atoms with Crippen LogP contribution in [0.5, 0.6) is 5.75 Å². The summed E-state index contributed by atoms with van der Waals surface area (Å²) in [4.78, 5) is 14.0. The van der Waals surface area contributed by atoms with E-state index in [-0.39, 0.29) is 6.03 Å². The van der Waals surface area contributed by atoms with Crippen molar-refractivity contribution in [3.63, 3.8) is 0 Å². The van der Waals surface area contributed by atoms with Crippen molar-refractivity contribution < 1.29 is 19.0 Å². The number of amides is 2. The molecule has 1 N–H and O–H groups in total. The van der Waals surface area contributed by atoms with Crippen molar-refractivity contribution in [3.8, 4) is 5.75 Å². The van der Waals surface area contributed by atoms with E-state index < -0.39 is 6.23 Å². The Labute approximate surface area is 145 Å². The number of urea groups is 1. The maximum absolute atomic E-state index is 12.3. The number of carbonyl (C=O) groups is 1. The van der Waals surface area contributed by atoms with Crippen LogP contribution in [-0.2, 0) is 9.47 Å². The Bertz CT molecular complexity index is 468. The average Bonchev–Trinajstić information content (AvgIpc) is 2.55. The summed E-state index contributed by atoms with van der Waals surface area (Å²) >= 11 is 0. The molecule has 6 nitrogen and oxygen atoms in total. The number of nitrogens with zero attached hydrogens (tertiary/aromatic N) is 1. The molecule has 0 bridgehead atoms. The van der Waals surface area contributed by atoms with Crippen molar-refractivity contribution >= 4 is 6.03 Å². The van der Waals surface area contributed by atoms with Crippen LogP contribution >= 0.6 is 0 Å². The fourth-order valence-corrected chi connectivity index (χ4v) is 2.15. The van der Waals surface area contributed by atoms with Crippen molar-refractivity contribution in [2.24, 2.45) is 0 Å². The molecular weight excluding hydrogens is 308 g/mol. The first-order valence-corrected chi connectivity index (χ1v) is 8.27. The highest BCUT2D eigenvalue weighted by atomic mass is 16.5. The Morgan fingerprint density at radius 3 is 2.04 bits per heavy atom. The monoisotopic (exact) mass is 338 g/mol. The van der Waals surface area contributed by atoms with Gasteiger partial charge in [0.2, 0.25) is 0 Å². The Balaban J connectivity index is 2.53. The van der Waals surface area contributed by atoms with Gasteiger partial charge in [-0.2, -0.15) is 0 Å². The first-order valence-electron chi connectivity index (χ1n) is 8.27. The minimum atomic E-state index is -0.435. The van der Waals surface area contributed by atoms with Crippen LogP contribution < -0.4 is 10.1 Å². The van der Waals surface area contributed by atoms with Crippen molar-refractivity contribution in [2.75, 3.05) is 40.5 Å². The topological polar surface area (TPSA) is 60.0 Å². The molecule has 0 heterocycles. The van der Waals surface area contributed by atoms with Crippen LogP contribution in [0.3, 0.4) is 0 Å². The number of nitrogens with one attached hydrogen (secondary N) is 1. The van der Waals surface area contributed by atoms with Crippen molar-refractivity contribution in [1.82, 2.24) is 10.2 Å². The summed E-state index contributed by atoms with van der Waals surface area (Å²) in [5.74, 6) is 1.21. The lowest BCUT2D eigenvalue weighted by molar-refractivity contribution is 0.111. The summed E-state index contributed by atoms with van der Waals surface area (Å²) in [7, 11) is 3.22. The predicted molar refractivity (Wildman–Crippen MR) is 94.5 cm³/mol. The maximum Gasteiger partial charge on any atom is 0.320 e. The van der Waals surface area contributed by atoms with E-state index in [1.807, 2.05) is 24.3 Å². The Morgan fingerprint density at radius 1 is 1.04 bits per heavy atom. The van der Waals surface area contributed by atoms with Gasteiger partial charge in [0, 0.05) is 27.3 Å². The van der Waals surface area contributed by atoms with E-state index >= 15 is 0 Å². The zero-order chi connectivity index (χ0) is 17.9. The van der Waals surface area contributed by atoms with Crippen LogP contribution in [0.1, 0.15) is 32.3 Å². The van der Waals surface area contributed by atoms with Crippen molar-refractivity contribution in [2.45, 2.75) is 32.9 Å². The summed E-state index contributed by atoms with van der Waals surface area (Å²) in [6, 6.07) is 7.73. The molecule has 1 unspecified atom stereocenters. The van der Waals surface area contributed by atoms with Crippen molar-refractivity contribution in [3.05, 3.63) is 29.8 Å². The smallest absolute Gasteiger partial charge is 0.320 e. The second-order valence-electron chi connectivity index (χ2n) is 5.91. The van der Waals surface area contributed by atoms with Crippen LogP contribution in [0.15, 0.2) is 24.3 Å². The zero-order valence-electron chi connectivity index (χ0n) is 15.4. The number of methoxy groups -OCH3 is 2. The third-order valence-electron chi connectivity index (χ3n) is 3.60. The normalized spacial score (nSPS) is 12.1. The molecule has 0 radical (unpaired) electrons. The number of hydrogen-bond donors (Lipinski definition) is 1. The van der Waals surface area contributed by atoms with E-state index in [0.29, 0.717) is 32.2 Å². The summed E-state index contributed by atoms with van der Waals surface area (Å²) in [6.07, 6.45) is -0.435. The summed E-state index contributed by atoms with van der Waals surface area (Å²) in [5, 5.41) is 2.84. The van der Waals surface area contributed by atoms with Gasteiger partial charge in [-0.15, -0.1) is 0 Å². The molecule has 1 aromatic rings. The maximum atomic E-state index is 12.3. The number of rotatable bonds is 10. The number of benzene rings is 1. The van der Waals surface area contributed by atoms with E-state index in [9.17, 15) is 4.79 Å². The summed E-state index contributed by atoms with van der Waals surface area (Å²) in [6.45, 7) is 8.05. The molecule has 0 aliphatic carbocycles. The van der Waals surface area contributed by atoms with E-state index in [1.54, 1.807) is 26.0 Å². The van der Waals surface area contributed by atoms with Gasteiger partial charge in [-0.3, -0.25) is 0 Å². The fourth-order valence-electron chi connectivity index (χ4n) is 2.15. The van der Waals surface area contributed by atoms with Crippen LogP contribution in [0.2, 0.25) is 0 Å². The molecule has 0 saturated heterocycles. The average molecular weight is 338 g/mol. The molecule has 1 aromatic carbocycles. The lowest BCUT2D eigenvalue weighted by Crippen LogP contribution is -2.47. The quantitative estimate of drug-likeness (QED) is 0.667. The third kappa shape index (κ3) is 7.19. The van der Waals surface area contributed by atoms with Gasteiger partial charge in [0.15, 0.2) is 6.23 Å². The van der Waals surface area contributed by atoms with Gasteiger partial charge in [-0.25, -0.2) is 4.79 Å². The standard InChI is InChI=1S/C18H30N2O4/c1-14(2)16-6-8-17(9-7-16)24-15(3)19-18(21)20(10-12-22-4)11-13-23-5/h6-9,14-15H,10-13H2,1-5H3,(H,19,21). The minimum absolute atomic E-state index is 0.199. The molecule has 1 atom stereocenters. The lowest BCUT2D eigenvalue weighted by Gasteiger charge is -2.25. The van der Waals surface area contributed by atoms with Gasteiger partial charge >= 0.3 is 6.03 Å². The molecule has 24 heavy (non-hydrogen) atoms. The van der Waals surface area contributed by atoms with Crippen LogP contribution in [0.25, 0.3) is 0 Å². The number of ether oxygens (including phenoxy) is 3. The highest BCUT2D eigenvalue weighted by molar-refractivity contribution is 5.74. The van der Waals surface area contributed by atoms with E-state index in [2.05, 4.69) is 19.2 Å². The number of carbonyl (C=O) groups excluding carboxylic acids is 1. The fraction of sp³-hybridized carbons (Fsp3) is 0.611. The zero-order valence-corrected chi connectivity index (χ0v) is 15.4. The highest BCUT2D eigenvalue weighted by Crippen LogP contribution is 2.19. The molecular formula is C18H30N2O4. The molecule has 6 heteroatoms. The van der Waals surface area contributed by atoms with Crippen LogP contribution in [0.4, 0.5) is 4.79 Å². The van der Waals surface area contributed by atoms with E-state index in [4.69, 9.17) is 14.2 Å². The van der Waals surface area contributed by atoms with Crippen molar-refractivity contribution in [1.29, 1.82) is 0 Å². The Morgan fingerprint density at radius 2 is 1.58 bits per heavy atom. The molecule has 0 fully saturated rings. The van der Waals surface area contributed by atoms with Gasteiger partial charge in [-0.1, -0.05) is 26.0 Å². The first kappa shape index (κ1) is 20.3. The van der Waals surface area contributed by atoms with Gasteiger partial charge in [-0.05, 0) is 30.5 Å². The van der Waals surface area contributed by atoms with Crippen LogP contribution in [-0.4, -0.2) is 57.7 Å². The molecule has 0 spiro atoms. The number of hydrogen-bond acceptors (Lipinski definition) is 4. The second-order valence-corrected chi connectivity index (χ2v) is 5.91. The molecule has 0 aromatic heterocycles. The summed E-state index contributed by atoms with van der Waals surface area (Å²) in [5.41, 5.74) is 1.25. The third-order valence-corrected chi connectivity index (χ3v) is 3.60. The molecule has 1 rings (SSSR count). The van der Waals surface area contributed by atoms with Crippen LogP contribution in [0, 0.1) is 0 Å². The Kier molecular flexibility index (Phi) is 9.19. The SMILES string of the molecule is COCCN(CCOC)C(=O)NC(C)Oc1ccc(C(C)C)cc1. The van der Waals surface area contributed by atoms with Gasteiger partial charge in [0.05, 0.1) is 13.2 Å². The molecule has 2 amide bonds. The lowest BCUT2D eigenvalue weighted by atomic mass is 10.0. The summed E-state index contributed by atoms with van der Waals surface area (Å²) < 4.78 is 15.8. The Hall–Kier alpha value is -1.79. The molecule has 136 valence electrons. The molecule has 0 aliphatic rings. The largest absolute Gasteiger partial charge is 0.471 e. The molecule has 0 saturated carbocycles. The van der Waals surface area contributed by atoms with Gasteiger partial charge in [0.1, 0.15) is 5.75 Å². The highest BCUT2D eigenvalue weighted by Gasteiger charge is 2.16. The van der Waals surface area contributed by atoms with E-state index in [0.717, 1.165) is 5.75 Å². The predicted octanol–water partition coefficient (Wildman–Crippen LogP) is 2.84. The molecule has 0 aliphatic heterocycles. The second kappa shape index (κ2) is 10.9. The minimum Gasteiger partial charge on any atom is -0.471 e.